The van der Waals surface area contributed by atoms with Crippen LogP contribution in [0.2, 0.25) is 0 Å². The quantitative estimate of drug-likeness (QED) is 0.830. The first-order valence-electron chi connectivity index (χ1n) is 6.20. The van der Waals surface area contributed by atoms with Gasteiger partial charge >= 0.3 is 0 Å². The van der Waals surface area contributed by atoms with Gasteiger partial charge in [-0.15, -0.1) is 0 Å². The summed E-state index contributed by atoms with van der Waals surface area (Å²) in [6, 6.07) is 2.02. The predicted molar refractivity (Wildman–Crippen MR) is 67.9 cm³/mol. The van der Waals surface area contributed by atoms with Gasteiger partial charge in [-0.2, -0.15) is 0 Å². The number of rotatable bonds is 4. The molecule has 1 aromatic heterocycles. The number of nitrogens with two attached hydrogens (primary N) is 1. The first-order valence-corrected chi connectivity index (χ1v) is 6.20. The third kappa shape index (κ3) is 3.06. The van der Waals surface area contributed by atoms with Crippen LogP contribution in [0.1, 0.15) is 32.5 Å². The van der Waals surface area contributed by atoms with Crippen molar-refractivity contribution in [3.8, 4) is 0 Å². The van der Waals surface area contributed by atoms with Gasteiger partial charge in [0.25, 0.3) is 0 Å². The fourth-order valence-corrected chi connectivity index (χ4v) is 2.07. The van der Waals surface area contributed by atoms with E-state index in [0.29, 0.717) is 5.82 Å². The molecule has 17 heavy (non-hydrogen) atoms. The second-order valence-corrected chi connectivity index (χ2v) is 4.43. The van der Waals surface area contributed by atoms with Crippen LogP contribution in [0, 0.1) is 0 Å². The van der Waals surface area contributed by atoms with Crippen LogP contribution in [0.3, 0.4) is 0 Å². The normalized spacial score (nSPS) is 21.4. The molecule has 5 heteroatoms. The van der Waals surface area contributed by atoms with Crippen LogP contribution in [-0.2, 0) is 11.2 Å². The SMILES string of the molecule is CCc1nc(N)cc(NC(C)C2CCCO2)n1. The van der Waals surface area contributed by atoms with Crippen LogP contribution in [0.25, 0.3) is 0 Å². The summed E-state index contributed by atoms with van der Waals surface area (Å²) in [5, 5.41) is 3.34. The fraction of sp³-hybridized carbons (Fsp3) is 0.667. The Morgan fingerprint density at radius 2 is 2.41 bits per heavy atom. The molecule has 5 nitrogen and oxygen atoms in total. The second kappa shape index (κ2) is 5.31. The maximum atomic E-state index is 5.74. The van der Waals surface area contributed by atoms with Crippen molar-refractivity contribution in [3.63, 3.8) is 0 Å². The van der Waals surface area contributed by atoms with E-state index >= 15 is 0 Å². The first kappa shape index (κ1) is 12.1. The largest absolute Gasteiger partial charge is 0.384 e. The lowest BCUT2D eigenvalue weighted by Crippen LogP contribution is -2.30. The van der Waals surface area contributed by atoms with E-state index in [1.54, 1.807) is 6.07 Å². The molecule has 0 spiro atoms. The molecule has 2 rings (SSSR count). The molecular weight excluding hydrogens is 216 g/mol. The van der Waals surface area contributed by atoms with Gasteiger partial charge in [-0.05, 0) is 19.8 Å². The Kier molecular flexibility index (Phi) is 3.78. The number of aryl methyl sites for hydroxylation is 1. The van der Waals surface area contributed by atoms with Gasteiger partial charge in [0.2, 0.25) is 0 Å². The van der Waals surface area contributed by atoms with Crippen LogP contribution in [-0.4, -0.2) is 28.7 Å². The molecule has 2 unspecified atom stereocenters. The highest BCUT2D eigenvalue weighted by molar-refractivity contribution is 5.45. The van der Waals surface area contributed by atoms with Crippen LogP contribution in [0.15, 0.2) is 6.07 Å². The van der Waals surface area contributed by atoms with Crippen molar-refractivity contribution < 1.29 is 4.74 Å². The predicted octanol–water partition coefficient (Wildman–Crippen LogP) is 1.60. The Balaban J connectivity index is 2.04. The Morgan fingerprint density at radius 1 is 1.59 bits per heavy atom. The number of hydrogen-bond donors (Lipinski definition) is 2. The minimum Gasteiger partial charge on any atom is -0.384 e. The zero-order valence-electron chi connectivity index (χ0n) is 10.4. The average molecular weight is 236 g/mol. The van der Waals surface area contributed by atoms with Crippen LogP contribution in [0.5, 0.6) is 0 Å². The fourth-order valence-electron chi connectivity index (χ4n) is 2.07. The lowest BCUT2D eigenvalue weighted by Gasteiger charge is -2.20. The summed E-state index contributed by atoms with van der Waals surface area (Å²) in [6.45, 7) is 4.99. The second-order valence-electron chi connectivity index (χ2n) is 4.43. The number of nitrogens with one attached hydrogen (secondary N) is 1. The third-order valence-electron chi connectivity index (χ3n) is 3.01. The summed E-state index contributed by atoms with van der Waals surface area (Å²) < 4.78 is 5.64. The molecule has 3 N–H and O–H groups in total. The highest BCUT2D eigenvalue weighted by Crippen LogP contribution is 2.19. The van der Waals surface area contributed by atoms with Crippen LogP contribution < -0.4 is 11.1 Å². The molecule has 0 radical (unpaired) electrons. The maximum Gasteiger partial charge on any atom is 0.132 e. The summed E-state index contributed by atoms with van der Waals surface area (Å²) in [4.78, 5) is 8.56. The molecule has 2 atom stereocenters. The maximum absolute atomic E-state index is 5.74. The van der Waals surface area contributed by atoms with E-state index < -0.39 is 0 Å². The molecule has 1 saturated heterocycles. The molecule has 0 amide bonds. The smallest absolute Gasteiger partial charge is 0.132 e. The van der Waals surface area contributed by atoms with Crippen molar-refractivity contribution in [2.75, 3.05) is 17.7 Å². The van der Waals surface area contributed by atoms with E-state index in [-0.39, 0.29) is 12.1 Å². The van der Waals surface area contributed by atoms with Crippen molar-refractivity contribution in [1.29, 1.82) is 0 Å². The van der Waals surface area contributed by atoms with E-state index in [1.807, 2.05) is 6.92 Å². The van der Waals surface area contributed by atoms with Crippen molar-refractivity contribution in [3.05, 3.63) is 11.9 Å². The van der Waals surface area contributed by atoms with Crippen molar-refractivity contribution >= 4 is 11.6 Å². The standard InChI is InChI=1S/C12H20N4O/c1-3-11-15-10(13)7-12(16-11)14-8(2)9-5-4-6-17-9/h7-9H,3-6H2,1-2H3,(H3,13,14,15,16). The van der Waals surface area contributed by atoms with Crippen molar-refractivity contribution in [2.24, 2.45) is 0 Å². The summed E-state index contributed by atoms with van der Waals surface area (Å²) in [7, 11) is 0. The molecule has 0 bridgehead atoms. The van der Waals surface area contributed by atoms with Gasteiger partial charge in [0.05, 0.1) is 12.1 Å². The van der Waals surface area contributed by atoms with E-state index in [0.717, 1.165) is 37.5 Å². The Bertz CT molecular complexity index is 377. The number of anilines is 2. The van der Waals surface area contributed by atoms with Gasteiger partial charge in [-0.25, -0.2) is 9.97 Å². The monoisotopic (exact) mass is 236 g/mol. The highest BCUT2D eigenvalue weighted by Gasteiger charge is 2.22. The molecule has 2 heterocycles. The van der Waals surface area contributed by atoms with Gasteiger partial charge < -0.3 is 15.8 Å². The minimum atomic E-state index is 0.247. The molecule has 0 saturated carbocycles. The lowest BCUT2D eigenvalue weighted by molar-refractivity contribution is 0.0995. The van der Waals surface area contributed by atoms with Crippen molar-refractivity contribution in [1.82, 2.24) is 9.97 Å². The lowest BCUT2D eigenvalue weighted by atomic mass is 10.1. The Labute approximate surface area is 102 Å². The first-order chi connectivity index (χ1) is 8.19. The topological polar surface area (TPSA) is 73.1 Å². The molecule has 0 aromatic carbocycles. The van der Waals surface area contributed by atoms with E-state index in [4.69, 9.17) is 10.5 Å². The summed E-state index contributed by atoms with van der Waals surface area (Å²) >= 11 is 0. The molecule has 1 aromatic rings. The Morgan fingerprint density at radius 3 is 3.06 bits per heavy atom. The number of ether oxygens (including phenoxy) is 1. The van der Waals surface area contributed by atoms with Crippen LogP contribution >= 0.6 is 0 Å². The van der Waals surface area contributed by atoms with Gasteiger partial charge in [0, 0.05) is 19.1 Å². The number of aromatic nitrogens is 2. The molecule has 1 aliphatic heterocycles. The zero-order valence-corrected chi connectivity index (χ0v) is 10.4. The molecule has 0 aliphatic carbocycles. The highest BCUT2D eigenvalue weighted by atomic mass is 16.5. The van der Waals surface area contributed by atoms with Crippen LogP contribution in [0.4, 0.5) is 11.6 Å². The summed E-state index contributed by atoms with van der Waals surface area (Å²) in [5.41, 5.74) is 5.74. The number of nitrogen functional groups attached to an aromatic ring is 1. The molecule has 1 aliphatic rings. The molecule has 94 valence electrons. The summed E-state index contributed by atoms with van der Waals surface area (Å²) in [5.74, 6) is 2.07. The van der Waals surface area contributed by atoms with Gasteiger partial charge in [0.1, 0.15) is 17.5 Å². The third-order valence-corrected chi connectivity index (χ3v) is 3.01. The van der Waals surface area contributed by atoms with E-state index in [1.165, 1.54) is 0 Å². The number of hydrogen-bond acceptors (Lipinski definition) is 5. The van der Waals surface area contributed by atoms with Crippen molar-refractivity contribution in [2.45, 2.75) is 45.3 Å². The molecule has 1 fully saturated rings. The summed E-state index contributed by atoms with van der Waals surface area (Å²) in [6.07, 6.45) is 3.31. The molecular formula is C12H20N4O. The van der Waals surface area contributed by atoms with Gasteiger partial charge in [0.15, 0.2) is 0 Å². The average Bonchev–Trinajstić information content (AvgIpc) is 2.81. The van der Waals surface area contributed by atoms with E-state index in [9.17, 15) is 0 Å². The van der Waals surface area contributed by atoms with Gasteiger partial charge in [-0.3, -0.25) is 0 Å². The van der Waals surface area contributed by atoms with Gasteiger partial charge in [-0.1, -0.05) is 6.92 Å². The number of nitrogens with zero attached hydrogens (tertiary/aromatic N) is 2. The van der Waals surface area contributed by atoms with E-state index in [2.05, 4.69) is 22.2 Å². The Hall–Kier alpha value is -1.36. The minimum absolute atomic E-state index is 0.247. The zero-order chi connectivity index (χ0) is 12.3.